The molecular weight excluding hydrogens is 370 g/mol. The highest BCUT2D eigenvalue weighted by molar-refractivity contribution is 5.91. The zero-order chi connectivity index (χ0) is 22.6. The van der Waals surface area contributed by atoms with Gasteiger partial charge in [0, 0.05) is 37.1 Å². The van der Waals surface area contributed by atoms with Crippen LogP contribution in [0.2, 0.25) is 0 Å². The van der Waals surface area contributed by atoms with E-state index in [1.807, 2.05) is 60.4 Å². The van der Waals surface area contributed by atoms with Crippen molar-refractivity contribution in [3.8, 4) is 0 Å². The van der Waals surface area contributed by atoms with E-state index in [0.29, 0.717) is 39.4 Å². The van der Waals surface area contributed by atoms with Crippen LogP contribution in [0.5, 0.6) is 0 Å². The summed E-state index contributed by atoms with van der Waals surface area (Å²) < 4.78 is 11.0. The highest BCUT2D eigenvalue weighted by Crippen LogP contribution is 2.18. The summed E-state index contributed by atoms with van der Waals surface area (Å²) in [5.74, 6) is 0.384. The third-order valence-corrected chi connectivity index (χ3v) is 5.10. The third-order valence-electron chi connectivity index (χ3n) is 5.10. The first-order valence-electron chi connectivity index (χ1n) is 10.9. The minimum Gasteiger partial charge on any atom is -0.379 e. The van der Waals surface area contributed by atoms with Gasteiger partial charge in [-0.2, -0.15) is 0 Å². The van der Waals surface area contributed by atoms with Gasteiger partial charge in [-0.05, 0) is 13.0 Å². The molecule has 0 saturated carbocycles. The number of hydrogen-bond donors (Lipinski definition) is 0. The number of carbonyl (C=O) groups is 3. The van der Waals surface area contributed by atoms with Crippen LogP contribution in [0.15, 0.2) is 0 Å². The molecule has 6 heteroatoms. The van der Waals surface area contributed by atoms with Gasteiger partial charge in [-0.25, -0.2) is 0 Å². The molecule has 0 aliphatic heterocycles. The van der Waals surface area contributed by atoms with Gasteiger partial charge < -0.3 is 9.47 Å². The lowest BCUT2D eigenvalue weighted by Crippen LogP contribution is -2.44. The van der Waals surface area contributed by atoms with Crippen LogP contribution < -0.4 is 0 Å². The van der Waals surface area contributed by atoms with Gasteiger partial charge in [0.25, 0.3) is 0 Å². The average molecular weight is 414 g/mol. The summed E-state index contributed by atoms with van der Waals surface area (Å²) >= 11 is 0. The predicted octanol–water partition coefficient (Wildman–Crippen LogP) is 3.41. The van der Waals surface area contributed by atoms with Crippen molar-refractivity contribution in [2.24, 2.45) is 23.7 Å². The van der Waals surface area contributed by atoms with Gasteiger partial charge in [0.1, 0.15) is 11.6 Å². The fourth-order valence-electron chi connectivity index (χ4n) is 3.35. The molecule has 0 radical (unpaired) electrons. The Hall–Kier alpha value is -1.11. The summed E-state index contributed by atoms with van der Waals surface area (Å²) in [6.45, 7) is 15.9. The first-order valence-corrected chi connectivity index (χ1v) is 10.9. The molecule has 0 saturated heterocycles. The van der Waals surface area contributed by atoms with Gasteiger partial charge >= 0.3 is 0 Å². The Bertz CT molecular complexity index is 501. The summed E-state index contributed by atoms with van der Waals surface area (Å²) in [6, 6.07) is -0.223. The van der Waals surface area contributed by atoms with Crippen LogP contribution in [0.25, 0.3) is 0 Å². The molecule has 2 atom stereocenters. The summed E-state index contributed by atoms with van der Waals surface area (Å²) in [7, 11) is 1.93. The van der Waals surface area contributed by atoms with Crippen LogP contribution in [-0.2, 0) is 23.9 Å². The highest BCUT2D eigenvalue weighted by Gasteiger charge is 2.29. The molecule has 29 heavy (non-hydrogen) atoms. The maximum Gasteiger partial charge on any atom is 0.150 e. The molecule has 0 fully saturated rings. The molecule has 0 aromatic rings. The Morgan fingerprint density at radius 3 is 1.79 bits per heavy atom. The number of Topliss-reactive ketones (excluding diaryl/α,β-unsaturated/α-hetero) is 3. The summed E-state index contributed by atoms with van der Waals surface area (Å²) in [5, 5.41) is 0. The molecule has 0 N–H and O–H groups in total. The van der Waals surface area contributed by atoms with Gasteiger partial charge in [-0.15, -0.1) is 0 Å². The average Bonchev–Trinajstić information content (AvgIpc) is 2.62. The van der Waals surface area contributed by atoms with E-state index < -0.39 is 0 Å². The topological polar surface area (TPSA) is 72.9 Å². The predicted molar refractivity (Wildman–Crippen MR) is 116 cm³/mol. The number of rotatable bonds is 17. The summed E-state index contributed by atoms with van der Waals surface area (Å²) in [4.78, 5) is 38.4. The fourth-order valence-corrected chi connectivity index (χ4v) is 3.35. The van der Waals surface area contributed by atoms with Gasteiger partial charge in [0.15, 0.2) is 5.78 Å². The van der Waals surface area contributed by atoms with Crippen LogP contribution >= 0.6 is 0 Å². The van der Waals surface area contributed by atoms with E-state index >= 15 is 0 Å². The van der Waals surface area contributed by atoms with Gasteiger partial charge in [-0.3, -0.25) is 19.3 Å². The number of ketones is 3. The van der Waals surface area contributed by atoms with E-state index in [1.165, 1.54) is 0 Å². The molecule has 0 aliphatic carbocycles. The lowest BCUT2D eigenvalue weighted by atomic mass is 9.87. The van der Waals surface area contributed by atoms with E-state index in [9.17, 15) is 14.4 Å². The van der Waals surface area contributed by atoms with E-state index in [1.54, 1.807) is 0 Å². The second kappa shape index (κ2) is 14.8. The Kier molecular flexibility index (Phi) is 14.2. The smallest absolute Gasteiger partial charge is 0.150 e. The molecule has 0 aliphatic rings. The second-order valence-corrected chi connectivity index (χ2v) is 8.89. The van der Waals surface area contributed by atoms with Crippen molar-refractivity contribution in [2.75, 3.05) is 40.0 Å². The van der Waals surface area contributed by atoms with Crippen LogP contribution in [0.4, 0.5) is 0 Å². The van der Waals surface area contributed by atoms with E-state index in [0.717, 1.165) is 0 Å². The maximum absolute atomic E-state index is 12.8. The first kappa shape index (κ1) is 27.9. The monoisotopic (exact) mass is 413 g/mol. The van der Waals surface area contributed by atoms with Crippen LogP contribution in [0.1, 0.15) is 61.3 Å². The van der Waals surface area contributed by atoms with Gasteiger partial charge in [0.2, 0.25) is 0 Å². The lowest BCUT2D eigenvalue weighted by Gasteiger charge is -2.30. The molecule has 0 heterocycles. The van der Waals surface area contributed by atoms with Crippen molar-refractivity contribution in [3.63, 3.8) is 0 Å². The van der Waals surface area contributed by atoms with Crippen molar-refractivity contribution < 1.29 is 23.9 Å². The molecular formula is C23H43NO5. The summed E-state index contributed by atoms with van der Waals surface area (Å²) in [6.07, 6.45) is 0.727. The maximum atomic E-state index is 12.8. The Morgan fingerprint density at radius 2 is 1.31 bits per heavy atom. The molecule has 0 rings (SSSR count). The Morgan fingerprint density at radius 1 is 0.759 bits per heavy atom. The second-order valence-electron chi connectivity index (χ2n) is 8.89. The van der Waals surface area contributed by atoms with E-state index in [4.69, 9.17) is 9.47 Å². The van der Waals surface area contributed by atoms with Crippen LogP contribution in [-0.4, -0.2) is 68.3 Å². The highest BCUT2D eigenvalue weighted by atomic mass is 16.5. The Labute approximate surface area is 177 Å². The quantitative estimate of drug-likeness (QED) is 0.340. The van der Waals surface area contributed by atoms with Gasteiger partial charge in [0.05, 0.1) is 32.5 Å². The normalized spacial score (nSPS) is 14.1. The summed E-state index contributed by atoms with van der Waals surface area (Å²) in [5.41, 5.74) is 0. The number of nitrogens with zero attached hydrogens (tertiary/aromatic N) is 1. The molecule has 0 aromatic heterocycles. The molecule has 0 aromatic carbocycles. The fraction of sp³-hybridized carbons (Fsp3) is 0.870. The molecule has 0 bridgehead atoms. The largest absolute Gasteiger partial charge is 0.379 e. The minimum atomic E-state index is -0.242. The third kappa shape index (κ3) is 11.6. The standard InChI is InChI=1S/C23H43NO5/c1-16(2)20(25)9-11-28-13-14-29-12-10-24(8)22(17(3)4)21(26)15-19(7)23(27)18(5)6/h16-19,22H,9-15H2,1-8H3/t19-,22+/m1/s1. The zero-order valence-corrected chi connectivity index (χ0v) is 19.8. The van der Waals surface area contributed by atoms with E-state index in [2.05, 4.69) is 0 Å². The SMILES string of the molecule is CC(C)C(=O)CCOCCOCCN(C)[C@H](C(=O)C[C@@H](C)C(=O)C(C)C)C(C)C. The number of carbonyl (C=O) groups excluding carboxylic acids is 3. The molecule has 6 nitrogen and oxygen atoms in total. The molecule has 170 valence electrons. The van der Waals surface area contributed by atoms with Crippen LogP contribution in [0.3, 0.4) is 0 Å². The number of likely N-dealkylation sites (N-methyl/N-ethyl adjacent to an activating group) is 1. The lowest BCUT2D eigenvalue weighted by molar-refractivity contribution is -0.132. The minimum absolute atomic E-state index is 0.0489. The number of ether oxygens (including phenoxy) is 2. The zero-order valence-electron chi connectivity index (χ0n) is 19.8. The molecule has 0 unspecified atom stereocenters. The Balaban J connectivity index is 4.22. The molecule has 0 amide bonds. The van der Waals surface area contributed by atoms with Crippen molar-refractivity contribution in [1.29, 1.82) is 0 Å². The van der Waals surface area contributed by atoms with E-state index in [-0.39, 0.29) is 53.5 Å². The molecule has 0 spiro atoms. The van der Waals surface area contributed by atoms with Crippen LogP contribution in [0, 0.1) is 23.7 Å². The van der Waals surface area contributed by atoms with Crippen molar-refractivity contribution in [2.45, 2.75) is 67.3 Å². The first-order chi connectivity index (χ1) is 13.5. The van der Waals surface area contributed by atoms with Gasteiger partial charge in [-0.1, -0.05) is 48.5 Å². The van der Waals surface area contributed by atoms with Crippen molar-refractivity contribution in [3.05, 3.63) is 0 Å². The van der Waals surface area contributed by atoms with Crippen molar-refractivity contribution >= 4 is 17.3 Å². The number of hydrogen-bond acceptors (Lipinski definition) is 6. The van der Waals surface area contributed by atoms with Crippen molar-refractivity contribution in [1.82, 2.24) is 4.90 Å².